The fourth-order valence-corrected chi connectivity index (χ4v) is 2.63. The van der Waals surface area contributed by atoms with E-state index < -0.39 is 0 Å². The fourth-order valence-electron chi connectivity index (χ4n) is 2.63. The summed E-state index contributed by atoms with van der Waals surface area (Å²) in [5.74, 6) is 2.97. The van der Waals surface area contributed by atoms with Gasteiger partial charge in [0.05, 0.1) is 6.54 Å². The van der Waals surface area contributed by atoms with Crippen LogP contribution in [0.25, 0.3) is 0 Å². The van der Waals surface area contributed by atoms with Gasteiger partial charge in [0, 0.05) is 12.6 Å². The Labute approximate surface area is 103 Å². The van der Waals surface area contributed by atoms with E-state index in [-0.39, 0.29) is 0 Å². The molecule has 0 radical (unpaired) electrons. The number of nitrogens with one attached hydrogen (secondary N) is 1. The maximum absolute atomic E-state index is 5.63. The van der Waals surface area contributed by atoms with Crippen LogP contribution in [0.15, 0.2) is 16.5 Å². The van der Waals surface area contributed by atoms with Gasteiger partial charge in [-0.25, -0.2) is 0 Å². The lowest BCUT2D eigenvalue weighted by Crippen LogP contribution is -2.27. The van der Waals surface area contributed by atoms with Gasteiger partial charge in [-0.05, 0) is 57.3 Å². The van der Waals surface area contributed by atoms with Crippen LogP contribution in [0.2, 0.25) is 0 Å². The summed E-state index contributed by atoms with van der Waals surface area (Å²) in [6.07, 6.45) is 4.11. The zero-order valence-electron chi connectivity index (χ0n) is 10.6. The lowest BCUT2D eigenvalue weighted by atomic mass is 10.1. The maximum atomic E-state index is 5.63. The van der Waals surface area contributed by atoms with Gasteiger partial charge in [0.1, 0.15) is 11.5 Å². The number of furan rings is 1. The number of likely N-dealkylation sites (tertiary alicyclic amines) is 1. The Morgan fingerprint density at radius 3 is 2.94 bits per heavy atom. The second-order valence-electron chi connectivity index (χ2n) is 5.58. The van der Waals surface area contributed by atoms with Gasteiger partial charge < -0.3 is 9.73 Å². The van der Waals surface area contributed by atoms with E-state index in [1.54, 1.807) is 0 Å². The monoisotopic (exact) mass is 234 g/mol. The first kappa shape index (κ1) is 11.3. The van der Waals surface area contributed by atoms with Crippen molar-refractivity contribution in [1.82, 2.24) is 10.2 Å². The largest absolute Gasteiger partial charge is 0.465 e. The number of rotatable bonds is 5. The predicted molar refractivity (Wildman–Crippen MR) is 67.9 cm³/mol. The van der Waals surface area contributed by atoms with Crippen LogP contribution in [-0.2, 0) is 6.54 Å². The zero-order valence-corrected chi connectivity index (χ0v) is 10.6. The molecule has 1 unspecified atom stereocenters. The molecule has 0 aromatic carbocycles. The molecule has 1 atom stereocenters. The molecule has 1 N–H and O–H groups in total. The molecule has 1 saturated heterocycles. The third-order valence-corrected chi connectivity index (χ3v) is 3.82. The Morgan fingerprint density at radius 2 is 2.24 bits per heavy atom. The third kappa shape index (κ3) is 3.11. The van der Waals surface area contributed by atoms with Crippen LogP contribution in [0.5, 0.6) is 0 Å². The van der Waals surface area contributed by atoms with Crippen molar-refractivity contribution in [2.75, 3.05) is 19.6 Å². The first-order chi connectivity index (χ1) is 8.29. The quantitative estimate of drug-likeness (QED) is 0.846. The number of hydrogen-bond acceptors (Lipinski definition) is 3. The van der Waals surface area contributed by atoms with Crippen LogP contribution in [-0.4, -0.2) is 30.6 Å². The maximum Gasteiger partial charge on any atom is 0.118 e. The fraction of sp³-hybridized carbons (Fsp3) is 0.714. The molecule has 2 fully saturated rings. The molecule has 1 aromatic rings. The van der Waals surface area contributed by atoms with Gasteiger partial charge in [-0.3, -0.25) is 4.90 Å². The first-order valence-corrected chi connectivity index (χ1v) is 6.80. The van der Waals surface area contributed by atoms with Crippen molar-refractivity contribution >= 4 is 0 Å². The Morgan fingerprint density at radius 1 is 1.35 bits per heavy atom. The smallest absolute Gasteiger partial charge is 0.118 e. The van der Waals surface area contributed by atoms with Crippen LogP contribution in [0, 0.1) is 12.8 Å². The molecule has 0 bridgehead atoms. The molecule has 2 aliphatic rings. The molecule has 3 nitrogen and oxygen atoms in total. The average molecular weight is 234 g/mol. The molecule has 0 spiro atoms. The van der Waals surface area contributed by atoms with E-state index in [0.29, 0.717) is 0 Å². The summed E-state index contributed by atoms with van der Waals surface area (Å²) < 4.78 is 5.63. The molecule has 1 aromatic heterocycles. The van der Waals surface area contributed by atoms with Crippen LogP contribution >= 0.6 is 0 Å². The van der Waals surface area contributed by atoms with Crippen molar-refractivity contribution in [3.05, 3.63) is 23.7 Å². The van der Waals surface area contributed by atoms with E-state index in [4.69, 9.17) is 4.42 Å². The topological polar surface area (TPSA) is 28.4 Å². The summed E-state index contributed by atoms with van der Waals surface area (Å²) in [4.78, 5) is 2.51. The minimum absolute atomic E-state index is 0.839. The Bertz CT molecular complexity index is 370. The Balaban J connectivity index is 1.43. The van der Waals surface area contributed by atoms with Crippen LogP contribution in [0.1, 0.15) is 30.8 Å². The highest BCUT2D eigenvalue weighted by atomic mass is 16.3. The summed E-state index contributed by atoms with van der Waals surface area (Å²) in [5, 5.41) is 3.64. The highest BCUT2D eigenvalue weighted by Gasteiger charge is 2.26. The lowest BCUT2D eigenvalue weighted by Gasteiger charge is -2.14. The molecule has 3 heteroatoms. The summed E-state index contributed by atoms with van der Waals surface area (Å²) in [7, 11) is 0. The summed E-state index contributed by atoms with van der Waals surface area (Å²) in [5.41, 5.74) is 0. The van der Waals surface area contributed by atoms with Crippen molar-refractivity contribution in [2.45, 2.75) is 38.8 Å². The first-order valence-electron chi connectivity index (χ1n) is 6.80. The van der Waals surface area contributed by atoms with Gasteiger partial charge in [-0.15, -0.1) is 0 Å². The Hall–Kier alpha value is -0.800. The van der Waals surface area contributed by atoms with Crippen LogP contribution in [0.4, 0.5) is 0 Å². The molecular formula is C14H22N2O. The minimum atomic E-state index is 0.839. The van der Waals surface area contributed by atoms with Gasteiger partial charge in [-0.1, -0.05) is 0 Å². The highest BCUT2D eigenvalue weighted by Crippen LogP contribution is 2.22. The van der Waals surface area contributed by atoms with E-state index in [1.165, 1.54) is 38.9 Å². The summed E-state index contributed by atoms with van der Waals surface area (Å²) >= 11 is 0. The van der Waals surface area contributed by atoms with Crippen molar-refractivity contribution in [3.63, 3.8) is 0 Å². The van der Waals surface area contributed by atoms with Crippen molar-refractivity contribution < 1.29 is 4.42 Å². The molecule has 17 heavy (non-hydrogen) atoms. The number of hydrogen-bond donors (Lipinski definition) is 1. The molecule has 94 valence electrons. The normalized spacial score (nSPS) is 25.6. The standard InChI is InChI=1S/C14H22N2O/c1-11-2-5-14(17-11)10-16-7-6-12(9-16)8-15-13-3-4-13/h2,5,12-13,15H,3-4,6-10H2,1H3. The SMILES string of the molecule is Cc1ccc(CN2CCC(CNC3CC3)C2)o1. The second kappa shape index (κ2) is 4.83. The van der Waals surface area contributed by atoms with Gasteiger partial charge in [-0.2, -0.15) is 0 Å². The van der Waals surface area contributed by atoms with Gasteiger partial charge in [0.15, 0.2) is 0 Å². The van der Waals surface area contributed by atoms with Gasteiger partial charge >= 0.3 is 0 Å². The number of nitrogens with zero attached hydrogens (tertiary/aromatic N) is 1. The summed E-state index contributed by atoms with van der Waals surface area (Å²) in [6, 6.07) is 5.00. The summed E-state index contributed by atoms with van der Waals surface area (Å²) in [6.45, 7) is 6.64. The van der Waals surface area contributed by atoms with E-state index in [2.05, 4.69) is 22.3 Å². The molecule has 1 aliphatic heterocycles. The second-order valence-corrected chi connectivity index (χ2v) is 5.58. The molecular weight excluding hydrogens is 212 g/mol. The van der Waals surface area contributed by atoms with E-state index in [9.17, 15) is 0 Å². The van der Waals surface area contributed by atoms with Crippen LogP contribution in [0.3, 0.4) is 0 Å². The van der Waals surface area contributed by atoms with Gasteiger partial charge in [0.2, 0.25) is 0 Å². The van der Waals surface area contributed by atoms with Gasteiger partial charge in [0.25, 0.3) is 0 Å². The van der Waals surface area contributed by atoms with E-state index >= 15 is 0 Å². The minimum Gasteiger partial charge on any atom is -0.465 e. The highest BCUT2D eigenvalue weighted by molar-refractivity contribution is 5.05. The molecule has 2 heterocycles. The molecule has 1 saturated carbocycles. The predicted octanol–water partition coefficient (Wildman–Crippen LogP) is 2.16. The van der Waals surface area contributed by atoms with Crippen molar-refractivity contribution in [1.29, 1.82) is 0 Å². The average Bonchev–Trinajstić information content (AvgIpc) is 2.90. The van der Waals surface area contributed by atoms with E-state index in [0.717, 1.165) is 30.0 Å². The van der Waals surface area contributed by atoms with Crippen LogP contribution < -0.4 is 5.32 Å². The molecule has 0 amide bonds. The zero-order chi connectivity index (χ0) is 11.7. The Kier molecular flexibility index (Phi) is 3.21. The molecule has 1 aliphatic carbocycles. The van der Waals surface area contributed by atoms with Crippen molar-refractivity contribution in [2.24, 2.45) is 5.92 Å². The third-order valence-electron chi connectivity index (χ3n) is 3.82. The molecule has 3 rings (SSSR count). The number of aryl methyl sites for hydroxylation is 1. The van der Waals surface area contributed by atoms with E-state index in [1.807, 2.05) is 6.92 Å². The van der Waals surface area contributed by atoms with Crippen molar-refractivity contribution in [3.8, 4) is 0 Å². The lowest BCUT2D eigenvalue weighted by molar-refractivity contribution is 0.282.